The third-order valence-electron chi connectivity index (χ3n) is 0.742. The molecule has 0 radical (unpaired) electrons. The molecule has 0 spiro atoms. The van der Waals surface area contributed by atoms with E-state index in [0.29, 0.717) is 0 Å². The molecule has 0 aromatic heterocycles. The number of carbonyl (C=O) groups excluding carboxylic acids is 1. The Morgan fingerprint density at radius 2 is 1.27 bits per heavy atom. The minimum atomic E-state index is -0.540. The molecule has 0 fully saturated rings. The van der Waals surface area contributed by atoms with E-state index in [4.69, 9.17) is 6.42 Å². The largest absolute Gasteiger partial charge is 0.272 e. The lowest BCUT2D eigenvalue weighted by atomic mass is 10.5. The fraction of sp³-hybridized carbons (Fsp3) is 0. The van der Waals surface area contributed by atoms with E-state index in [1.165, 1.54) is 0 Å². The molecular formula is C13H22OS. The molecule has 0 rings (SSSR count). The number of carbonyl (C=O) groups is 1. The van der Waals surface area contributed by atoms with Crippen LogP contribution in [0.15, 0.2) is 0 Å². The summed E-state index contributed by atoms with van der Waals surface area (Å²) in [4.78, 5) is 10.2. The Balaban J connectivity index is -0.0000000218. The van der Waals surface area contributed by atoms with Crippen molar-refractivity contribution in [2.45, 2.75) is 0 Å². The zero-order chi connectivity index (χ0) is 11.4. The monoisotopic (exact) mass is 226 g/mol. The van der Waals surface area contributed by atoms with Crippen LogP contribution in [0.4, 0.5) is 0 Å². The highest BCUT2D eigenvalue weighted by molar-refractivity contribution is 7.97. The molecule has 0 amide bonds. The summed E-state index contributed by atoms with van der Waals surface area (Å²) in [5.41, 5.74) is 0. The van der Waals surface area contributed by atoms with Gasteiger partial charge in [0.25, 0.3) is 5.12 Å². The highest BCUT2D eigenvalue weighted by Gasteiger charge is 1.75. The van der Waals surface area contributed by atoms with E-state index in [0.717, 1.165) is 0 Å². The molecule has 0 aliphatic heterocycles. The fourth-order valence-corrected chi connectivity index (χ4v) is 0.395. The number of hydrogen-bond acceptors (Lipinski definition) is 1. The summed E-state index contributed by atoms with van der Waals surface area (Å²) in [6.07, 6.45) is 4.85. The maximum absolute atomic E-state index is 10.2. The standard InChI is InChI=1S/C13H2OS.10H2/c1-2-3-4-5-6-7-8-9-10-11-12-13(14)15;;;;;;;;;;/h1H,(H,14,15);10*1H. The van der Waals surface area contributed by atoms with Crippen molar-refractivity contribution in [1.82, 2.24) is 0 Å². The van der Waals surface area contributed by atoms with Gasteiger partial charge in [0, 0.05) is 14.3 Å². The Hall–Kier alpha value is -2.62. The molecule has 0 saturated carbocycles. The summed E-state index contributed by atoms with van der Waals surface area (Å²) < 4.78 is 0. The summed E-state index contributed by atoms with van der Waals surface area (Å²) in [5, 5.41) is -0.540. The van der Waals surface area contributed by atoms with Gasteiger partial charge in [-0.25, -0.2) is 0 Å². The SMILES string of the molecule is C#CC#CC#CC#CC#CC#CC(=O)S.[HH].[HH].[HH].[HH].[HH].[HH].[HH].[HH].[HH].[HH]. The van der Waals surface area contributed by atoms with Gasteiger partial charge in [0.2, 0.25) is 0 Å². The first-order valence-electron chi connectivity index (χ1n) is 3.47. The first-order valence-corrected chi connectivity index (χ1v) is 3.91. The molecule has 0 bridgehead atoms. The van der Waals surface area contributed by atoms with Crippen LogP contribution in [0.1, 0.15) is 14.3 Å². The maximum Gasteiger partial charge on any atom is 0.260 e. The smallest absolute Gasteiger partial charge is 0.260 e. The van der Waals surface area contributed by atoms with E-state index in [2.05, 4.69) is 77.8 Å². The zero-order valence-corrected chi connectivity index (χ0v) is 8.33. The molecular weight excluding hydrogens is 204 g/mol. The minimum Gasteiger partial charge on any atom is -0.272 e. The molecule has 0 aliphatic rings. The van der Waals surface area contributed by atoms with Crippen LogP contribution < -0.4 is 0 Å². The molecule has 0 unspecified atom stereocenters. The van der Waals surface area contributed by atoms with Crippen molar-refractivity contribution in [2.75, 3.05) is 0 Å². The molecule has 0 aromatic rings. The molecule has 0 aliphatic carbocycles. The van der Waals surface area contributed by atoms with Crippen molar-refractivity contribution in [3.8, 4) is 71.5 Å². The normalized spacial score (nSPS) is 4.53. The molecule has 86 valence electrons. The van der Waals surface area contributed by atoms with Crippen LogP contribution in [0.2, 0.25) is 0 Å². The Morgan fingerprint density at radius 3 is 1.67 bits per heavy atom. The number of hydrogen-bond donors (Lipinski definition) is 1. The van der Waals surface area contributed by atoms with Gasteiger partial charge in [-0.05, 0) is 65.1 Å². The van der Waals surface area contributed by atoms with E-state index in [1.807, 2.05) is 0 Å². The Labute approximate surface area is 109 Å². The molecule has 2 heteroatoms. The average Bonchev–Trinajstić information content (AvgIpc) is 2.20. The molecule has 0 aromatic carbocycles. The first-order chi connectivity index (χ1) is 7.27. The first kappa shape index (κ1) is 12.4. The highest BCUT2D eigenvalue weighted by Crippen LogP contribution is 1.70. The maximum atomic E-state index is 10.2. The van der Waals surface area contributed by atoms with Crippen LogP contribution in [0, 0.1) is 71.5 Å². The predicted octanol–water partition coefficient (Wildman–Crippen LogP) is 2.55. The number of thiol groups is 1. The van der Waals surface area contributed by atoms with E-state index < -0.39 is 5.12 Å². The van der Waals surface area contributed by atoms with Crippen molar-refractivity contribution in [2.24, 2.45) is 0 Å². The topological polar surface area (TPSA) is 17.1 Å². The second kappa shape index (κ2) is 9.47. The summed E-state index contributed by atoms with van der Waals surface area (Å²) in [5.74, 6) is 25.4. The van der Waals surface area contributed by atoms with E-state index in [-0.39, 0.29) is 14.3 Å². The summed E-state index contributed by atoms with van der Waals surface area (Å²) in [7, 11) is 0. The van der Waals surface area contributed by atoms with Crippen LogP contribution in [0.25, 0.3) is 0 Å². The van der Waals surface area contributed by atoms with E-state index in [9.17, 15) is 4.79 Å². The Morgan fingerprint density at radius 1 is 0.867 bits per heavy atom. The Kier molecular flexibility index (Phi) is 7.81. The van der Waals surface area contributed by atoms with Crippen LogP contribution in [-0.2, 0) is 4.79 Å². The predicted molar refractivity (Wildman–Crippen MR) is 82.8 cm³/mol. The van der Waals surface area contributed by atoms with Gasteiger partial charge in [-0.3, -0.25) is 4.79 Å². The molecule has 0 N–H and O–H groups in total. The average molecular weight is 226 g/mol. The second-order valence-electron chi connectivity index (χ2n) is 1.70. The van der Waals surface area contributed by atoms with E-state index in [1.54, 1.807) is 0 Å². The van der Waals surface area contributed by atoms with Crippen LogP contribution in [0.3, 0.4) is 0 Å². The molecule has 0 saturated heterocycles. The molecule has 15 heavy (non-hydrogen) atoms. The number of terminal acetylenes is 1. The third-order valence-corrected chi connectivity index (χ3v) is 0.853. The second-order valence-corrected chi connectivity index (χ2v) is 2.11. The van der Waals surface area contributed by atoms with Gasteiger partial charge in [0.15, 0.2) is 0 Å². The fourth-order valence-electron chi connectivity index (χ4n) is 0.340. The van der Waals surface area contributed by atoms with Crippen molar-refractivity contribution >= 4 is 17.7 Å². The molecule has 1 nitrogen and oxygen atoms in total. The van der Waals surface area contributed by atoms with Crippen molar-refractivity contribution in [3.63, 3.8) is 0 Å². The minimum absolute atomic E-state index is 0. The highest BCUT2D eigenvalue weighted by atomic mass is 32.1. The van der Waals surface area contributed by atoms with Gasteiger partial charge in [-0.2, -0.15) is 0 Å². The summed E-state index contributed by atoms with van der Waals surface area (Å²) in [6, 6.07) is 0. The van der Waals surface area contributed by atoms with Crippen molar-refractivity contribution < 1.29 is 19.1 Å². The van der Waals surface area contributed by atoms with Gasteiger partial charge in [-0.15, -0.1) is 6.42 Å². The van der Waals surface area contributed by atoms with Gasteiger partial charge in [0.05, 0.1) is 0 Å². The lowest BCUT2D eigenvalue weighted by Crippen LogP contribution is -1.73. The van der Waals surface area contributed by atoms with Crippen molar-refractivity contribution in [1.29, 1.82) is 0 Å². The lowest BCUT2D eigenvalue weighted by molar-refractivity contribution is -0.106. The number of rotatable bonds is 0. The zero-order valence-electron chi connectivity index (χ0n) is 7.43. The van der Waals surface area contributed by atoms with E-state index >= 15 is 0 Å². The summed E-state index contributed by atoms with van der Waals surface area (Å²) >= 11 is 3.42. The molecule has 0 atom stereocenters. The van der Waals surface area contributed by atoms with Gasteiger partial charge in [-0.1, -0.05) is 12.6 Å². The summed E-state index contributed by atoms with van der Waals surface area (Å²) in [6.45, 7) is 0. The Bertz CT molecular complexity index is 615. The van der Waals surface area contributed by atoms with Crippen LogP contribution in [-0.4, -0.2) is 5.12 Å². The van der Waals surface area contributed by atoms with Gasteiger partial charge < -0.3 is 0 Å². The van der Waals surface area contributed by atoms with Crippen molar-refractivity contribution in [3.05, 3.63) is 0 Å². The van der Waals surface area contributed by atoms with Gasteiger partial charge in [0.1, 0.15) is 0 Å². The quantitative estimate of drug-likeness (QED) is 0.496. The van der Waals surface area contributed by atoms with Crippen LogP contribution >= 0.6 is 12.6 Å². The molecule has 0 heterocycles. The third kappa shape index (κ3) is 11.4. The lowest BCUT2D eigenvalue weighted by Gasteiger charge is -1.61. The van der Waals surface area contributed by atoms with Crippen LogP contribution in [0.5, 0.6) is 0 Å². The van der Waals surface area contributed by atoms with Gasteiger partial charge >= 0.3 is 0 Å².